The Balaban J connectivity index is 2.08. The summed E-state index contributed by atoms with van der Waals surface area (Å²) in [6, 6.07) is 3.12. The maximum Gasteiger partial charge on any atom is 0.363 e. The fraction of sp³-hybridized carbons (Fsp3) is 0.500. The van der Waals surface area contributed by atoms with Gasteiger partial charge in [0, 0.05) is 31.7 Å². The number of nitro groups is 1. The van der Waals surface area contributed by atoms with Crippen LogP contribution in [-0.2, 0) is 0 Å². The average Bonchev–Trinajstić information content (AvgIpc) is 2.39. The number of piperazine rings is 1. The Hall–Kier alpha value is -1.73. The zero-order chi connectivity index (χ0) is 12.3. The van der Waals surface area contributed by atoms with Gasteiger partial charge >= 0.3 is 5.82 Å². The Morgan fingerprint density at radius 3 is 3.06 bits per heavy atom. The summed E-state index contributed by atoms with van der Waals surface area (Å²) >= 11 is 0. The largest absolute Gasteiger partial charge is 0.395 e. The first-order valence-corrected chi connectivity index (χ1v) is 5.40. The molecule has 1 fully saturated rings. The maximum atomic E-state index is 10.5. The van der Waals surface area contributed by atoms with Gasteiger partial charge in [-0.1, -0.05) is 0 Å². The van der Waals surface area contributed by atoms with E-state index >= 15 is 0 Å². The van der Waals surface area contributed by atoms with E-state index in [2.05, 4.69) is 10.3 Å². The molecule has 2 heterocycles. The van der Waals surface area contributed by atoms with Crippen LogP contribution in [0, 0.1) is 10.1 Å². The molecule has 2 rings (SSSR count). The second-order valence-corrected chi connectivity index (χ2v) is 3.91. The number of nitrogens with one attached hydrogen (secondary N) is 1. The van der Waals surface area contributed by atoms with Gasteiger partial charge in [0.2, 0.25) is 0 Å². The van der Waals surface area contributed by atoms with Gasteiger partial charge < -0.3 is 25.4 Å². The molecule has 1 aliphatic rings. The SMILES string of the molecule is O=[N+]([O-])c1ccc(N2CCN[C@@H](CO)C2)cn1. The highest BCUT2D eigenvalue weighted by Crippen LogP contribution is 2.17. The third kappa shape index (κ3) is 2.69. The van der Waals surface area contributed by atoms with E-state index in [0.29, 0.717) is 6.54 Å². The Kier molecular flexibility index (Phi) is 3.50. The van der Waals surface area contributed by atoms with Crippen LogP contribution in [0.1, 0.15) is 0 Å². The summed E-state index contributed by atoms with van der Waals surface area (Å²) < 4.78 is 0. The van der Waals surface area contributed by atoms with E-state index in [9.17, 15) is 10.1 Å². The van der Waals surface area contributed by atoms with Crippen molar-refractivity contribution in [3.63, 3.8) is 0 Å². The summed E-state index contributed by atoms with van der Waals surface area (Å²) in [6.07, 6.45) is 1.50. The molecule has 0 bridgehead atoms. The fourth-order valence-electron chi connectivity index (χ4n) is 1.86. The van der Waals surface area contributed by atoms with Crippen LogP contribution < -0.4 is 10.2 Å². The van der Waals surface area contributed by atoms with Crippen LogP contribution >= 0.6 is 0 Å². The lowest BCUT2D eigenvalue weighted by atomic mass is 10.2. The molecular weight excluding hydrogens is 224 g/mol. The van der Waals surface area contributed by atoms with E-state index in [-0.39, 0.29) is 18.5 Å². The van der Waals surface area contributed by atoms with E-state index < -0.39 is 4.92 Å². The number of pyridine rings is 1. The second-order valence-electron chi connectivity index (χ2n) is 3.91. The van der Waals surface area contributed by atoms with Gasteiger partial charge in [-0.25, -0.2) is 0 Å². The molecule has 1 aromatic rings. The molecule has 7 nitrogen and oxygen atoms in total. The molecule has 1 atom stereocenters. The molecule has 0 aliphatic carbocycles. The predicted molar refractivity (Wildman–Crippen MR) is 62.0 cm³/mol. The average molecular weight is 238 g/mol. The molecule has 92 valence electrons. The molecule has 2 N–H and O–H groups in total. The van der Waals surface area contributed by atoms with Gasteiger partial charge in [0.25, 0.3) is 0 Å². The number of nitrogens with zero attached hydrogens (tertiary/aromatic N) is 3. The molecule has 1 aliphatic heterocycles. The normalized spacial score (nSPS) is 20.3. The molecule has 0 aromatic carbocycles. The van der Waals surface area contributed by atoms with E-state index in [1.54, 1.807) is 6.07 Å². The zero-order valence-electron chi connectivity index (χ0n) is 9.24. The van der Waals surface area contributed by atoms with Crippen LogP contribution in [0.3, 0.4) is 0 Å². The van der Waals surface area contributed by atoms with Gasteiger partial charge in [0.15, 0.2) is 6.20 Å². The molecule has 0 spiro atoms. The van der Waals surface area contributed by atoms with Gasteiger partial charge in [-0.15, -0.1) is 0 Å². The number of rotatable bonds is 3. The lowest BCUT2D eigenvalue weighted by Crippen LogP contribution is -2.52. The highest BCUT2D eigenvalue weighted by Gasteiger charge is 2.20. The first-order chi connectivity index (χ1) is 8.20. The van der Waals surface area contributed by atoms with Crippen molar-refractivity contribution < 1.29 is 10.0 Å². The maximum absolute atomic E-state index is 10.5. The molecule has 7 heteroatoms. The van der Waals surface area contributed by atoms with Crippen molar-refractivity contribution in [3.05, 3.63) is 28.4 Å². The summed E-state index contributed by atoms with van der Waals surface area (Å²) in [5, 5.41) is 22.7. The van der Waals surface area contributed by atoms with Crippen molar-refractivity contribution in [3.8, 4) is 0 Å². The van der Waals surface area contributed by atoms with Crippen molar-refractivity contribution in [2.45, 2.75) is 6.04 Å². The minimum absolute atomic E-state index is 0.0407. The standard InChI is InChI=1S/C10H14N4O3/c15-7-8-6-13(4-3-11-8)9-1-2-10(12-5-9)14(16)17/h1-2,5,8,11,15H,3-4,6-7H2/t8-/m1/s1. The van der Waals surface area contributed by atoms with Gasteiger partial charge in [-0.05, 0) is 16.0 Å². The van der Waals surface area contributed by atoms with Crippen LogP contribution in [0.15, 0.2) is 18.3 Å². The van der Waals surface area contributed by atoms with Gasteiger partial charge in [-0.2, -0.15) is 0 Å². The number of aromatic nitrogens is 1. The van der Waals surface area contributed by atoms with Crippen molar-refractivity contribution >= 4 is 11.5 Å². The number of aliphatic hydroxyl groups is 1. The topological polar surface area (TPSA) is 91.5 Å². The van der Waals surface area contributed by atoms with Crippen LogP contribution in [0.4, 0.5) is 11.5 Å². The van der Waals surface area contributed by atoms with E-state index in [4.69, 9.17) is 5.11 Å². The van der Waals surface area contributed by atoms with Gasteiger partial charge in [0.1, 0.15) is 0 Å². The number of aliphatic hydroxyl groups excluding tert-OH is 1. The third-order valence-corrected chi connectivity index (χ3v) is 2.76. The number of hydrogen-bond acceptors (Lipinski definition) is 6. The molecule has 0 radical (unpaired) electrons. The van der Waals surface area contributed by atoms with Crippen molar-refractivity contribution in [2.75, 3.05) is 31.1 Å². The Morgan fingerprint density at radius 2 is 2.47 bits per heavy atom. The van der Waals surface area contributed by atoms with Crippen LogP contribution in [0.25, 0.3) is 0 Å². The first-order valence-electron chi connectivity index (χ1n) is 5.40. The van der Waals surface area contributed by atoms with Crippen molar-refractivity contribution in [1.82, 2.24) is 10.3 Å². The van der Waals surface area contributed by atoms with E-state index in [1.165, 1.54) is 12.3 Å². The van der Waals surface area contributed by atoms with Crippen LogP contribution in [-0.4, -0.2) is 47.3 Å². The quantitative estimate of drug-likeness (QED) is 0.558. The highest BCUT2D eigenvalue weighted by atomic mass is 16.6. The lowest BCUT2D eigenvalue weighted by Gasteiger charge is -2.33. The lowest BCUT2D eigenvalue weighted by molar-refractivity contribution is -0.389. The zero-order valence-corrected chi connectivity index (χ0v) is 9.24. The molecular formula is C10H14N4O3. The summed E-state index contributed by atoms with van der Waals surface area (Å²) in [5.74, 6) is -0.150. The van der Waals surface area contributed by atoms with E-state index in [0.717, 1.165) is 18.8 Å². The minimum Gasteiger partial charge on any atom is -0.395 e. The summed E-state index contributed by atoms with van der Waals surface area (Å²) in [4.78, 5) is 15.8. The molecule has 0 saturated carbocycles. The molecule has 1 saturated heterocycles. The van der Waals surface area contributed by atoms with Gasteiger partial charge in [-0.3, -0.25) is 0 Å². The van der Waals surface area contributed by atoms with Crippen LogP contribution in [0.5, 0.6) is 0 Å². The molecule has 17 heavy (non-hydrogen) atoms. The summed E-state index contributed by atoms with van der Waals surface area (Å²) in [7, 11) is 0. The van der Waals surface area contributed by atoms with Crippen molar-refractivity contribution in [1.29, 1.82) is 0 Å². The highest BCUT2D eigenvalue weighted by molar-refractivity contribution is 5.47. The summed E-state index contributed by atoms with van der Waals surface area (Å²) in [6.45, 7) is 2.34. The van der Waals surface area contributed by atoms with Gasteiger partial charge in [0.05, 0.1) is 12.3 Å². The predicted octanol–water partition coefficient (Wildman–Crippen LogP) is -0.240. The Morgan fingerprint density at radius 1 is 1.65 bits per heavy atom. The second kappa shape index (κ2) is 5.07. The molecule has 0 unspecified atom stereocenters. The van der Waals surface area contributed by atoms with E-state index in [1.807, 2.05) is 4.90 Å². The van der Waals surface area contributed by atoms with Crippen molar-refractivity contribution in [2.24, 2.45) is 0 Å². The fourth-order valence-corrected chi connectivity index (χ4v) is 1.86. The monoisotopic (exact) mass is 238 g/mol. The Bertz CT molecular complexity index is 395. The smallest absolute Gasteiger partial charge is 0.363 e. The van der Waals surface area contributed by atoms with Crippen LogP contribution in [0.2, 0.25) is 0 Å². The first kappa shape index (κ1) is 11.7. The third-order valence-electron chi connectivity index (χ3n) is 2.76. The number of hydrogen-bond donors (Lipinski definition) is 2. The Labute approximate surface area is 98.2 Å². The number of anilines is 1. The summed E-state index contributed by atoms with van der Waals surface area (Å²) in [5.41, 5.74) is 0.843. The molecule has 0 amide bonds. The minimum atomic E-state index is -0.516. The molecule has 1 aromatic heterocycles.